The third kappa shape index (κ3) is 19.4. The Bertz CT molecular complexity index is 235. The fourth-order valence-electron chi connectivity index (χ4n) is 1.32. The van der Waals surface area contributed by atoms with Crippen LogP contribution < -0.4 is 11.5 Å². The molecule has 19 heavy (non-hydrogen) atoms. The SMILES string of the molecule is CCCCC(N)C(=O)O.NCCCCCCC(=O)O. The molecular formula is C13H28N2O4. The summed E-state index contributed by atoms with van der Waals surface area (Å²) in [6, 6.07) is -0.662. The molecule has 0 saturated heterocycles. The molecule has 0 rings (SSSR count). The van der Waals surface area contributed by atoms with Crippen LogP contribution in [-0.4, -0.2) is 34.7 Å². The Kier molecular flexibility index (Phi) is 15.8. The molecule has 0 spiro atoms. The molecule has 0 aliphatic rings. The van der Waals surface area contributed by atoms with Crippen molar-refractivity contribution in [2.24, 2.45) is 11.5 Å². The lowest BCUT2D eigenvalue weighted by atomic mass is 10.1. The highest BCUT2D eigenvalue weighted by atomic mass is 16.4. The van der Waals surface area contributed by atoms with Crippen LogP contribution in [0.4, 0.5) is 0 Å². The summed E-state index contributed by atoms with van der Waals surface area (Å²) in [5.41, 5.74) is 10.5. The van der Waals surface area contributed by atoms with Crippen molar-refractivity contribution in [2.45, 2.75) is 64.3 Å². The van der Waals surface area contributed by atoms with E-state index in [0.29, 0.717) is 19.4 Å². The van der Waals surface area contributed by atoms with Crippen LogP contribution in [-0.2, 0) is 9.59 Å². The molecule has 0 aromatic rings. The number of nitrogens with two attached hydrogens (primary N) is 2. The predicted molar refractivity (Wildman–Crippen MR) is 74.9 cm³/mol. The van der Waals surface area contributed by atoms with Crippen LogP contribution in [0.15, 0.2) is 0 Å². The van der Waals surface area contributed by atoms with E-state index in [4.69, 9.17) is 21.7 Å². The Morgan fingerprint density at radius 3 is 2.05 bits per heavy atom. The second kappa shape index (κ2) is 14.9. The van der Waals surface area contributed by atoms with E-state index in [9.17, 15) is 9.59 Å². The van der Waals surface area contributed by atoms with Gasteiger partial charge in [0.05, 0.1) is 0 Å². The smallest absolute Gasteiger partial charge is 0.320 e. The van der Waals surface area contributed by atoms with Gasteiger partial charge in [-0.2, -0.15) is 0 Å². The van der Waals surface area contributed by atoms with Crippen LogP contribution in [0.5, 0.6) is 0 Å². The summed E-state index contributed by atoms with van der Waals surface area (Å²) in [5.74, 6) is -1.60. The fraction of sp³-hybridized carbons (Fsp3) is 0.846. The predicted octanol–water partition coefficient (Wildman–Crippen LogP) is 1.57. The monoisotopic (exact) mass is 276 g/mol. The summed E-state index contributed by atoms with van der Waals surface area (Å²) in [4.78, 5) is 20.1. The van der Waals surface area contributed by atoms with E-state index in [1.54, 1.807) is 0 Å². The molecule has 6 nitrogen and oxygen atoms in total. The minimum atomic E-state index is -0.900. The Morgan fingerprint density at radius 2 is 1.63 bits per heavy atom. The maximum atomic E-state index is 10.1. The van der Waals surface area contributed by atoms with Gasteiger partial charge in [0.1, 0.15) is 6.04 Å². The van der Waals surface area contributed by atoms with E-state index in [1.165, 1.54) is 0 Å². The summed E-state index contributed by atoms with van der Waals surface area (Å²) in [5, 5.41) is 16.5. The maximum absolute atomic E-state index is 10.1. The lowest BCUT2D eigenvalue weighted by Crippen LogP contribution is -2.29. The zero-order valence-electron chi connectivity index (χ0n) is 11.8. The molecule has 6 heteroatoms. The Balaban J connectivity index is 0. The van der Waals surface area contributed by atoms with Crippen molar-refractivity contribution in [1.29, 1.82) is 0 Å². The largest absolute Gasteiger partial charge is 0.481 e. The molecule has 6 N–H and O–H groups in total. The summed E-state index contributed by atoms with van der Waals surface area (Å²) in [7, 11) is 0. The molecule has 0 heterocycles. The number of rotatable bonds is 10. The summed E-state index contributed by atoms with van der Waals surface area (Å²) in [6.07, 6.45) is 6.63. The second-order valence-electron chi connectivity index (χ2n) is 4.43. The van der Waals surface area contributed by atoms with Crippen molar-refractivity contribution in [2.75, 3.05) is 6.54 Å². The Labute approximate surface area is 115 Å². The van der Waals surface area contributed by atoms with Crippen LogP contribution in [0.3, 0.4) is 0 Å². The molecule has 0 aliphatic heterocycles. The topological polar surface area (TPSA) is 127 Å². The third-order valence-electron chi connectivity index (χ3n) is 2.53. The van der Waals surface area contributed by atoms with Crippen LogP contribution in [0, 0.1) is 0 Å². The van der Waals surface area contributed by atoms with Crippen molar-refractivity contribution in [3.8, 4) is 0 Å². The molecule has 0 bridgehead atoms. The van der Waals surface area contributed by atoms with Crippen LogP contribution in [0.25, 0.3) is 0 Å². The molecule has 0 aromatic heterocycles. The van der Waals surface area contributed by atoms with Gasteiger partial charge in [0.2, 0.25) is 0 Å². The zero-order chi connectivity index (χ0) is 15.1. The molecular weight excluding hydrogens is 248 g/mol. The molecule has 0 fully saturated rings. The number of carboxylic acid groups (broad SMARTS) is 2. The molecule has 1 atom stereocenters. The van der Waals surface area contributed by atoms with Gasteiger partial charge >= 0.3 is 11.9 Å². The molecule has 0 radical (unpaired) electrons. The molecule has 0 saturated carbocycles. The van der Waals surface area contributed by atoms with Gasteiger partial charge in [0.25, 0.3) is 0 Å². The highest BCUT2D eigenvalue weighted by Crippen LogP contribution is 2.01. The van der Waals surface area contributed by atoms with E-state index in [-0.39, 0.29) is 0 Å². The molecule has 0 amide bonds. The van der Waals surface area contributed by atoms with Crippen LogP contribution in [0.2, 0.25) is 0 Å². The first-order valence-corrected chi connectivity index (χ1v) is 6.85. The van der Waals surface area contributed by atoms with Crippen molar-refractivity contribution in [1.82, 2.24) is 0 Å². The van der Waals surface area contributed by atoms with E-state index in [0.717, 1.165) is 38.5 Å². The van der Waals surface area contributed by atoms with E-state index < -0.39 is 18.0 Å². The van der Waals surface area contributed by atoms with Crippen molar-refractivity contribution >= 4 is 11.9 Å². The lowest BCUT2D eigenvalue weighted by molar-refractivity contribution is -0.139. The zero-order valence-corrected chi connectivity index (χ0v) is 11.8. The van der Waals surface area contributed by atoms with Gasteiger partial charge in [-0.1, -0.05) is 32.6 Å². The highest BCUT2D eigenvalue weighted by Gasteiger charge is 2.08. The van der Waals surface area contributed by atoms with Crippen molar-refractivity contribution in [3.63, 3.8) is 0 Å². The summed E-state index contributed by atoms with van der Waals surface area (Å²) in [6.45, 7) is 2.72. The van der Waals surface area contributed by atoms with Crippen LogP contribution in [0.1, 0.15) is 58.3 Å². The van der Waals surface area contributed by atoms with E-state index in [1.807, 2.05) is 6.92 Å². The van der Waals surface area contributed by atoms with Crippen LogP contribution >= 0.6 is 0 Å². The van der Waals surface area contributed by atoms with Gasteiger partial charge in [-0.3, -0.25) is 9.59 Å². The number of unbranched alkanes of at least 4 members (excludes halogenated alkanes) is 4. The minimum absolute atomic E-state index is 0.296. The average Bonchev–Trinajstić information content (AvgIpc) is 2.36. The average molecular weight is 276 g/mol. The number of hydrogen-bond donors (Lipinski definition) is 4. The van der Waals surface area contributed by atoms with Gasteiger partial charge < -0.3 is 21.7 Å². The summed E-state index contributed by atoms with van der Waals surface area (Å²) >= 11 is 0. The molecule has 114 valence electrons. The van der Waals surface area contributed by atoms with E-state index in [2.05, 4.69) is 0 Å². The minimum Gasteiger partial charge on any atom is -0.481 e. The quantitative estimate of drug-likeness (QED) is 0.448. The lowest BCUT2D eigenvalue weighted by Gasteiger charge is -2.02. The third-order valence-corrected chi connectivity index (χ3v) is 2.53. The first-order chi connectivity index (χ1) is 8.95. The van der Waals surface area contributed by atoms with Crippen molar-refractivity contribution in [3.05, 3.63) is 0 Å². The highest BCUT2D eigenvalue weighted by molar-refractivity contribution is 5.72. The maximum Gasteiger partial charge on any atom is 0.320 e. The standard InChI is InChI=1S/C7H15NO2.C6H13NO2/c8-6-4-2-1-3-5-7(9)10;1-2-3-4-5(7)6(8)9/h1-6,8H2,(H,9,10);5H,2-4,7H2,1H3,(H,8,9). The number of hydrogen-bond acceptors (Lipinski definition) is 4. The van der Waals surface area contributed by atoms with Gasteiger partial charge in [-0.05, 0) is 25.8 Å². The fourth-order valence-corrected chi connectivity index (χ4v) is 1.32. The van der Waals surface area contributed by atoms with Gasteiger partial charge in [0.15, 0.2) is 0 Å². The normalized spacial score (nSPS) is 11.3. The Hall–Kier alpha value is -1.14. The molecule has 0 aliphatic carbocycles. The number of carboxylic acids is 2. The second-order valence-corrected chi connectivity index (χ2v) is 4.43. The van der Waals surface area contributed by atoms with Gasteiger partial charge in [-0.25, -0.2) is 0 Å². The first kappa shape index (κ1) is 20.2. The number of carbonyl (C=O) groups is 2. The molecule has 1 unspecified atom stereocenters. The molecule has 0 aromatic carbocycles. The number of aliphatic carboxylic acids is 2. The first-order valence-electron chi connectivity index (χ1n) is 6.85. The Morgan fingerprint density at radius 1 is 1.05 bits per heavy atom. The summed E-state index contributed by atoms with van der Waals surface area (Å²) < 4.78 is 0. The van der Waals surface area contributed by atoms with E-state index >= 15 is 0 Å². The van der Waals surface area contributed by atoms with Crippen molar-refractivity contribution < 1.29 is 19.8 Å². The van der Waals surface area contributed by atoms with Gasteiger partial charge in [-0.15, -0.1) is 0 Å². The van der Waals surface area contributed by atoms with Gasteiger partial charge in [0, 0.05) is 6.42 Å².